The lowest BCUT2D eigenvalue weighted by Gasteiger charge is -2.27. The first-order valence-corrected chi connectivity index (χ1v) is 2.93. The van der Waals surface area contributed by atoms with Crippen molar-refractivity contribution in [3.05, 3.63) is 0 Å². The summed E-state index contributed by atoms with van der Waals surface area (Å²) in [6.45, 7) is 0. The van der Waals surface area contributed by atoms with Crippen molar-refractivity contribution in [3.63, 3.8) is 0 Å². The summed E-state index contributed by atoms with van der Waals surface area (Å²) in [5, 5.41) is 8.38. The Balaban J connectivity index is 2.29. The molecule has 0 amide bonds. The van der Waals surface area contributed by atoms with E-state index < -0.39 is 5.97 Å². The van der Waals surface area contributed by atoms with Gasteiger partial charge >= 0.3 is 5.97 Å². The van der Waals surface area contributed by atoms with Gasteiger partial charge in [-0.25, -0.2) is 0 Å². The second-order valence-electron chi connectivity index (χ2n) is 2.37. The third-order valence-electron chi connectivity index (χ3n) is 1.72. The molecule has 1 rings (SSSR count). The molecule has 1 aliphatic carbocycles. The maximum absolute atomic E-state index is 10.2. The number of carbonyl (C=O) groups is 1. The molecule has 0 saturated heterocycles. The van der Waals surface area contributed by atoms with Crippen LogP contribution in [0.15, 0.2) is 0 Å². The Morgan fingerprint density at radius 1 is 1.67 bits per heavy atom. The van der Waals surface area contributed by atoms with Crippen LogP contribution in [-0.4, -0.2) is 11.1 Å². The predicted octanol–water partition coefficient (Wildman–Crippen LogP) is 0.730. The van der Waals surface area contributed by atoms with E-state index in [1.807, 2.05) is 0 Å². The van der Waals surface area contributed by atoms with Gasteiger partial charge in [0, 0.05) is 5.92 Å². The summed E-state index contributed by atoms with van der Waals surface area (Å²) in [6, 6.07) is 0. The van der Waals surface area contributed by atoms with E-state index in [0.29, 0.717) is 12.8 Å². The van der Waals surface area contributed by atoms with Crippen molar-refractivity contribution in [1.82, 2.24) is 0 Å². The van der Waals surface area contributed by atoms with Crippen LogP contribution in [0, 0.1) is 24.2 Å². The van der Waals surface area contributed by atoms with Crippen molar-refractivity contribution in [1.29, 1.82) is 0 Å². The second kappa shape index (κ2) is 2.10. The van der Waals surface area contributed by atoms with E-state index in [4.69, 9.17) is 11.5 Å². The van der Waals surface area contributed by atoms with Crippen LogP contribution in [0.1, 0.15) is 12.8 Å². The summed E-state index contributed by atoms with van der Waals surface area (Å²) >= 11 is 0. The van der Waals surface area contributed by atoms with Crippen molar-refractivity contribution >= 4 is 5.97 Å². The Labute approximate surface area is 53.9 Å². The van der Waals surface area contributed by atoms with E-state index in [1.165, 1.54) is 0 Å². The SMILES string of the molecule is C#CC1CC(C(=O)O)C1. The van der Waals surface area contributed by atoms with E-state index in [9.17, 15) is 4.79 Å². The van der Waals surface area contributed by atoms with Crippen molar-refractivity contribution < 1.29 is 9.90 Å². The first-order valence-electron chi connectivity index (χ1n) is 2.93. The van der Waals surface area contributed by atoms with Crippen LogP contribution in [0.4, 0.5) is 0 Å². The number of hydrogen-bond donors (Lipinski definition) is 1. The highest BCUT2D eigenvalue weighted by Crippen LogP contribution is 2.32. The fraction of sp³-hybridized carbons (Fsp3) is 0.571. The monoisotopic (exact) mass is 124 g/mol. The Morgan fingerprint density at radius 3 is 2.56 bits per heavy atom. The number of terminal acetylenes is 1. The van der Waals surface area contributed by atoms with Gasteiger partial charge in [-0.15, -0.1) is 12.3 Å². The van der Waals surface area contributed by atoms with Crippen LogP contribution in [0.5, 0.6) is 0 Å². The number of aliphatic carboxylic acids is 1. The largest absolute Gasteiger partial charge is 0.481 e. The zero-order chi connectivity index (χ0) is 6.85. The average molecular weight is 124 g/mol. The highest BCUT2D eigenvalue weighted by molar-refractivity contribution is 5.71. The maximum Gasteiger partial charge on any atom is 0.306 e. The molecule has 0 aliphatic heterocycles. The van der Waals surface area contributed by atoms with Gasteiger partial charge < -0.3 is 5.11 Å². The van der Waals surface area contributed by atoms with E-state index >= 15 is 0 Å². The normalized spacial score (nSPS) is 32.3. The molecule has 0 bridgehead atoms. The van der Waals surface area contributed by atoms with Gasteiger partial charge in [-0.3, -0.25) is 4.79 Å². The summed E-state index contributed by atoms with van der Waals surface area (Å²) in [4.78, 5) is 10.2. The minimum Gasteiger partial charge on any atom is -0.481 e. The molecular weight excluding hydrogens is 116 g/mol. The van der Waals surface area contributed by atoms with Gasteiger partial charge in [0.05, 0.1) is 5.92 Å². The number of carboxylic acids is 1. The van der Waals surface area contributed by atoms with Gasteiger partial charge in [-0.1, -0.05) is 0 Å². The lowest BCUT2D eigenvalue weighted by atomic mass is 9.76. The fourth-order valence-corrected chi connectivity index (χ4v) is 0.956. The molecule has 0 radical (unpaired) electrons. The van der Waals surface area contributed by atoms with Gasteiger partial charge in [-0.2, -0.15) is 0 Å². The molecule has 2 nitrogen and oxygen atoms in total. The molecule has 0 aromatic carbocycles. The minimum atomic E-state index is -0.707. The third-order valence-corrected chi connectivity index (χ3v) is 1.72. The van der Waals surface area contributed by atoms with Crippen LogP contribution in [-0.2, 0) is 4.79 Å². The molecule has 0 aromatic heterocycles. The highest BCUT2D eigenvalue weighted by Gasteiger charge is 2.32. The third kappa shape index (κ3) is 1.05. The topological polar surface area (TPSA) is 37.3 Å². The van der Waals surface area contributed by atoms with Crippen LogP contribution in [0.2, 0.25) is 0 Å². The smallest absolute Gasteiger partial charge is 0.306 e. The first kappa shape index (κ1) is 6.15. The lowest BCUT2D eigenvalue weighted by molar-refractivity contribution is -0.145. The van der Waals surface area contributed by atoms with E-state index in [-0.39, 0.29) is 11.8 Å². The molecular formula is C7H8O2. The highest BCUT2D eigenvalue weighted by atomic mass is 16.4. The van der Waals surface area contributed by atoms with Crippen LogP contribution >= 0.6 is 0 Å². The Kier molecular flexibility index (Phi) is 1.44. The standard InChI is InChI=1S/C7H8O2/c1-2-5-3-6(4-5)7(8)9/h1,5-6H,3-4H2,(H,8,9). The summed E-state index contributed by atoms with van der Waals surface area (Å²) < 4.78 is 0. The molecule has 1 saturated carbocycles. The predicted molar refractivity (Wildman–Crippen MR) is 32.7 cm³/mol. The molecule has 48 valence electrons. The molecule has 0 atom stereocenters. The Morgan fingerprint density at radius 2 is 2.22 bits per heavy atom. The number of hydrogen-bond acceptors (Lipinski definition) is 1. The van der Waals surface area contributed by atoms with Crippen LogP contribution in [0.3, 0.4) is 0 Å². The van der Waals surface area contributed by atoms with Crippen LogP contribution in [0.25, 0.3) is 0 Å². The van der Waals surface area contributed by atoms with Crippen LogP contribution < -0.4 is 0 Å². The van der Waals surface area contributed by atoms with Gasteiger partial charge in [0.2, 0.25) is 0 Å². The fourth-order valence-electron chi connectivity index (χ4n) is 0.956. The van der Waals surface area contributed by atoms with Gasteiger partial charge in [0.1, 0.15) is 0 Å². The van der Waals surface area contributed by atoms with Crippen molar-refractivity contribution in [3.8, 4) is 12.3 Å². The summed E-state index contributed by atoms with van der Waals surface area (Å²) in [7, 11) is 0. The molecule has 0 heterocycles. The van der Waals surface area contributed by atoms with Crippen molar-refractivity contribution in [2.24, 2.45) is 11.8 Å². The minimum absolute atomic E-state index is 0.161. The molecule has 1 fully saturated rings. The van der Waals surface area contributed by atoms with E-state index in [0.717, 1.165) is 0 Å². The van der Waals surface area contributed by atoms with E-state index in [2.05, 4.69) is 5.92 Å². The summed E-state index contributed by atoms with van der Waals surface area (Å²) in [6.07, 6.45) is 6.40. The molecule has 1 N–H and O–H groups in total. The summed E-state index contributed by atoms with van der Waals surface area (Å²) in [5.41, 5.74) is 0. The molecule has 1 aliphatic rings. The Bertz CT molecular complexity index is 160. The summed E-state index contributed by atoms with van der Waals surface area (Å²) in [5.74, 6) is 1.88. The molecule has 9 heavy (non-hydrogen) atoms. The van der Waals surface area contributed by atoms with Crippen molar-refractivity contribution in [2.75, 3.05) is 0 Å². The molecule has 0 spiro atoms. The second-order valence-corrected chi connectivity index (χ2v) is 2.37. The molecule has 0 unspecified atom stereocenters. The molecule has 0 aromatic rings. The molecule has 2 heteroatoms. The van der Waals surface area contributed by atoms with Gasteiger partial charge in [-0.05, 0) is 12.8 Å². The number of carboxylic acid groups (broad SMARTS) is 1. The van der Waals surface area contributed by atoms with Gasteiger partial charge in [0.15, 0.2) is 0 Å². The average Bonchev–Trinajstić information content (AvgIpc) is 1.61. The lowest BCUT2D eigenvalue weighted by Crippen LogP contribution is -2.29. The zero-order valence-corrected chi connectivity index (χ0v) is 5.00. The first-order chi connectivity index (χ1) is 4.24. The number of rotatable bonds is 1. The zero-order valence-electron chi connectivity index (χ0n) is 5.00. The maximum atomic E-state index is 10.2. The van der Waals surface area contributed by atoms with Crippen molar-refractivity contribution in [2.45, 2.75) is 12.8 Å². The van der Waals surface area contributed by atoms with Gasteiger partial charge in [0.25, 0.3) is 0 Å². The Hall–Kier alpha value is -0.970. The quantitative estimate of drug-likeness (QED) is 0.523. The van der Waals surface area contributed by atoms with E-state index in [1.54, 1.807) is 0 Å².